The molecule has 0 bridgehead atoms. The fourth-order valence-electron chi connectivity index (χ4n) is 1.99. The molecule has 1 aliphatic rings. The summed E-state index contributed by atoms with van der Waals surface area (Å²) in [5, 5.41) is 0. The molecular formula is C12H17BrClN3O3S. The van der Waals surface area contributed by atoms with Crippen molar-refractivity contribution >= 4 is 44.3 Å². The predicted octanol–water partition coefficient (Wildman–Crippen LogP) is 1.13. The molecule has 0 unspecified atom stereocenters. The van der Waals surface area contributed by atoms with Crippen LogP contribution in [0.25, 0.3) is 0 Å². The summed E-state index contributed by atoms with van der Waals surface area (Å²) in [4.78, 5) is 11.2. The van der Waals surface area contributed by atoms with Gasteiger partial charge in [-0.1, -0.05) is 15.9 Å². The highest BCUT2D eigenvalue weighted by molar-refractivity contribution is 9.10. The number of hydrogen-bond donors (Lipinski definition) is 3. The van der Waals surface area contributed by atoms with Gasteiger partial charge in [-0.15, -0.1) is 12.4 Å². The molecule has 0 aliphatic heterocycles. The smallest absolute Gasteiger partial charge is 0.248 e. The first kappa shape index (κ1) is 18.4. The van der Waals surface area contributed by atoms with Gasteiger partial charge in [0, 0.05) is 22.1 Å². The van der Waals surface area contributed by atoms with E-state index in [2.05, 4.69) is 20.7 Å². The van der Waals surface area contributed by atoms with Crippen molar-refractivity contribution in [1.82, 2.24) is 4.72 Å². The van der Waals surface area contributed by atoms with Gasteiger partial charge in [-0.3, -0.25) is 4.79 Å². The number of benzene rings is 1. The van der Waals surface area contributed by atoms with Gasteiger partial charge in [0.25, 0.3) is 0 Å². The average Bonchev–Trinajstić information content (AvgIpc) is 2.33. The molecular weight excluding hydrogens is 382 g/mol. The Bertz CT molecular complexity index is 647. The first-order valence-electron chi connectivity index (χ1n) is 6.11. The minimum Gasteiger partial charge on any atom is -0.366 e. The molecule has 118 valence electrons. The third-order valence-electron chi connectivity index (χ3n) is 3.43. The largest absolute Gasteiger partial charge is 0.366 e. The molecule has 2 rings (SSSR count). The van der Waals surface area contributed by atoms with E-state index in [1.54, 1.807) is 0 Å². The molecule has 21 heavy (non-hydrogen) atoms. The molecule has 9 heteroatoms. The highest BCUT2D eigenvalue weighted by atomic mass is 79.9. The number of carbonyl (C=O) groups excluding carboxylic acids is 1. The summed E-state index contributed by atoms with van der Waals surface area (Å²) in [7, 11) is -3.72. The van der Waals surface area contributed by atoms with E-state index >= 15 is 0 Å². The van der Waals surface area contributed by atoms with Crippen molar-refractivity contribution in [2.24, 2.45) is 11.5 Å². The SMILES string of the molecule is Cl.NC(=O)c1cc(Br)cc(S(=O)(=O)NCC2(N)CCC2)c1. The van der Waals surface area contributed by atoms with Gasteiger partial charge in [0.05, 0.1) is 4.90 Å². The van der Waals surface area contributed by atoms with Crippen LogP contribution in [0, 0.1) is 0 Å². The maximum Gasteiger partial charge on any atom is 0.248 e. The van der Waals surface area contributed by atoms with Gasteiger partial charge in [-0.25, -0.2) is 13.1 Å². The Balaban J connectivity index is 0.00000220. The van der Waals surface area contributed by atoms with E-state index in [1.807, 2.05) is 0 Å². The number of hydrogen-bond acceptors (Lipinski definition) is 4. The first-order chi connectivity index (χ1) is 9.22. The van der Waals surface area contributed by atoms with Crippen molar-refractivity contribution in [2.45, 2.75) is 29.7 Å². The molecule has 1 aromatic carbocycles. The number of rotatable bonds is 5. The lowest BCUT2D eigenvalue weighted by molar-refractivity contribution is 0.1000. The standard InChI is InChI=1S/C12H16BrN3O3S.ClH/c13-9-4-8(11(14)17)5-10(6-9)20(18,19)16-7-12(15)2-1-3-12;/h4-6,16H,1-3,7,15H2,(H2,14,17);1H. The van der Waals surface area contributed by atoms with E-state index in [0.717, 1.165) is 19.3 Å². The second-order valence-electron chi connectivity index (χ2n) is 5.08. The third kappa shape index (κ3) is 4.40. The van der Waals surface area contributed by atoms with Crippen molar-refractivity contribution in [3.8, 4) is 0 Å². The van der Waals surface area contributed by atoms with Crippen LogP contribution in [0.4, 0.5) is 0 Å². The van der Waals surface area contributed by atoms with Crippen LogP contribution in [0.15, 0.2) is 27.6 Å². The van der Waals surface area contributed by atoms with E-state index in [-0.39, 0.29) is 29.4 Å². The molecule has 0 heterocycles. The Morgan fingerprint density at radius 1 is 1.33 bits per heavy atom. The Morgan fingerprint density at radius 2 is 1.95 bits per heavy atom. The van der Waals surface area contributed by atoms with Gasteiger partial charge in [-0.05, 0) is 37.5 Å². The van der Waals surface area contributed by atoms with Crippen LogP contribution in [0.3, 0.4) is 0 Å². The fourth-order valence-corrected chi connectivity index (χ4v) is 3.84. The number of nitrogens with two attached hydrogens (primary N) is 2. The highest BCUT2D eigenvalue weighted by Crippen LogP contribution is 2.28. The Kier molecular flexibility index (Phi) is 5.79. The molecule has 5 N–H and O–H groups in total. The Labute approximate surface area is 138 Å². The van der Waals surface area contributed by atoms with Gasteiger partial charge in [0.2, 0.25) is 15.9 Å². The topological polar surface area (TPSA) is 115 Å². The zero-order chi connectivity index (χ0) is 15.0. The monoisotopic (exact) mass is 397 g/mol. The Morgan fingerprint density at radius 3 is 2.43 bits per heavy atom. The van der Waals surface area contributed by atoms with Gasteiger partial charge in [0.15, 0.2) is 0 Å². The van der Waals surface area contributed by atoms with Crippen molar-refractivity contribution in [3.63, 3.8) is 0 Å². The maximum absolute atomic E-state index is 12.2. The number of carbonyl (C=O) groups is 1. The molecule has 0 spiro atoms. The zero-order valence-electron chi connectivity index (χ0n) is 11.1. The van der Waals surface area contributed by atoms with Crippen molar-refractivity contribution < 1.29 is 13.2 Å². The second kappa shape index (κ2) is 6.62. The average molecular weight is 399 g/mol. The molecule has 6 nitrogen and oxygen atoms in total. The number of nitrogens with one attached hydrogen (secondary N) is 1. The van der Waals surface area contributed by atoms with Crippen molar-refractivity contribution in [1.29, 1.82) is 0 Å². The molecule has 1 aliphatic carbocycles. The summed E-state index contributed by atoms with van der Waals surface area (Å²) in [6, 6.07) is 4.13. The molecule has 0 radical (unpaired) electrons. The molecule has 0 aromatic heterocycles. The first-order valence-corrected chi connectivity index (χ1v) is 8.38. The summed E-state index contributed by atoms with van der Waals surface area (Å²) < 4.78 is 27.4. The number of amides is 1. The van der Waals surface area contributed by atoms with Crippen LogP contribution in [0.2, 0.25) is 0 Å². The van der Waals surface area contributed by atoms with Gasteiger partial charge in [0.1, 0.15) is 0 Å². The second-order valence-corrected chi connectivity index (χ2v) is 7.76. The summed E-state index contributed by atoms with van der Waals surface area (Å²) in [5.74, 6) is -0.683. The normalized spacial score (nSPS) is 16.7. The minimum absolute atomic E-state index is 0. The molecule has 1 fully saturated rings. The van der Waals surface area contributed by atoms with Crippen molar-refractivity contribution in [2.75, 3.05) is 6.54 Å². The third-order valence-corrected chi connectivity index (χ3v) is 5.27. The van der Waals surface area contributed by atoms with Crippen LogP contribution in [-0.2, 0) is 10.0 Å². The van der Waals surface area contributed by atoms with E-state index in [9.17, 15) is 13.2 Å². The summed E-state index contributed by atoms with van der Waals surface area (Å²) >= 11 is 3.16. The Hall–Kier alpha value is -0.670. The summed E-state index contributed by atoms with van der Waals surface area (Å²) in [5.41, 5.74) is 10.8. The zero-order valence-corrected chi connectivity index (χ0v) is 14.4. The van der Waals surface area contributed by atoms with Gasteiger partial charge < -0.3 is 11.5 Å². The lowest BCUT2D eigenvalue weighted by atomic mass is 9.78. The predicted molar refractivity (Wildman–Crippen MR) is 85.9 cm³/mol. The number of primary amides is 1. The molecule has 0 saturated heterocycles. The van der Waals surface area contributed by atoms with Crippen LogP contribution in [0.5, 0.6) is 0 Å². The molecule has 1 saturated carbocycles. The maximum atomic E-state index is 12.2. The molecule has 1 aromatic rings. The fraction of sp³-hybridized carbons (Fsp3) is 0.417. The van der Waals surface area contributed by atoms with Gasteiger partial charge in [-0.2, -0.15) is 0 Å². The van der Waals surface area contributed by atoms with Crippen molar-refractivity contribution in [3.05, 3.63) is 28.2 Å². The van der Waals surface area contributed by atoms with Crippen LogP contribution in [0.1, 0.15) is 29.6 Å². The lowest BCUT2D eigenvalue weighted by Crippen LogP contribution is -2.54. The summed E-state index contributed by atoms with van der Waals surface area (Å²) in [6.45, 7) is 0.188. The molecule has 1 amide bonds. The highest BCUT2D eigenvalue weighted by Gasteiger charge is 2.33. The van der Waals surface area contributed by atoms with Crippen LogP contribution in [-0.4, -0.2) is 26.4 Å². The lowest BCUT2D eigenvalue weighted by Gasteiger charge is -2.38. The number of sulfonamides is 1. The van der Waals surface area contributed by atoms with E-state index < -0.39 is 21.5 Å². The number of halogens is 2. The van der Waals surface area contributed by atoms with E-state index in [4.69, 9.17) is 11.5 Å². The van der Waals surface area contributed by atoms with Crippen LogP contribution < -0.4 is 16.2 Å². The van der Waals surface area contributed by atoms with E-state index in [1.165, 1.54) is 18.2 Å². The van der Waals surface area contributed by atoms with Gasteiger partial charge >= 0.3 is 0 Å². The summed E-state index contributed by atoms with van der Waals surface area (Å²) in [6.07, 6.45) is 2.63. The molecule has 0 atom stereocenters. The van der Waals surface area contributed by atoms with E-state index in [0.29, 0.717) is 4.47 Å². The minimum atomic E-state index is -3.72. The quantitative estimate of drug-likeness (QED) is 0.689. The van der Waals surface area contributed by atoms with Crippen LogP contribution >= 0.6 is 28.3 Å².